The minimum absolute atomic E-state index is 0.103. The number of phosphoric acid groups is 2. The molecule has 498 valence electrons. The third-order valence-electron chi connectivity index (χ3n) is 15.2. The molecule has 0 saturated heterocycles. The van der Waals surface area contributed by atoms with Crippen molar-refractivity contribution in [3.05, 3.63) is 0 Å². The summed E-state index contributed by atoms with van der Waals surface area (Å²) < 4.78 is 68.0. The van der Waals surface area contributed by atoms with Crippen molar-refractivity contribution < 1.29 is 80.2 Å². The summed E-state index contributed by atoms with van der Waals surface area (Å²) in [6, 6.07) is 0. The van der Waals surface area contributed by atoms with Crippen molar-refractivity contribution in [3.8, 4) is 0 Å². The molecule has 0 saturated carbocycles. The van der Waals surface area contributed by atoms with Crippen molar-refractivity contribution in [1.82, 2.24) is 0 Å². The van der Waals surface area contributed by atoms with E-state index in [4.69, 9.17) is 37.0 Å². The average Bonchev–Trinajstić information content (AvgIpc) is 3.50. The molecule has 0 aliphatic carbocycles. The highest BCUT2D eigenvalue weighted by Gasteiger charge is 2.30. The summed E-state index contributed by atoms with van der Waals surface area (Å²) in [4.78, 5) is 72.3. The number of carbonyl (C=O) groups is 4. The van der Waals surface area contributed by atoms with Crippen molar-refractivity contribution in [2.24, 2.45) is 23.7 Å². The summed E-state index contributed by atoms with van der Waals surface area (Å²) >= 11 is 0. The molecule has 4 unspecified atom stereocenters. The Morgan fingerprint density at radius 2 is 0.571 bits per heavy atom. The molecular weight excluding hydrogens is 1110 g/mol. The zero-order valence-corrected chi connectivity index (χ0v) is 56.3. The minimum Gasteiger partial charge on any atom is -0.462 e. The molecule has 0 bridgehead atoms. The van der Waals surface area contributed by atoms with Crippen LogP contribution in [0.3, 0.4) is 0 Å². The lowest BCUT2D eigenvalue weighted by Gasteiger charge is -2.21. The highest BCUT2D eigenvalue weighted by molar-refractivity contribution is 7.47. The second-order valence-corrected chi connectivity index (χ2v) is 28.1. The molecule has 0 rings (SSSR count). The molecule has 19 heteroatoms. The Kier molecular flexibility index (Phi) is 53.9. The monoisotopic (exact) mass is 1240 g/mol. The first kappa shape index (κ1) is 82.1. The van der Waals surface area contributed by atoms with Gasteiger partial charge in [-0.15, -0.1) is 0 Å². The van der Waals surface area contributed by atoms with Gasteiger partial charge in [0.1, 0.15) is 19.3 Å². The Labute approximate surface area is 511 Å². The SMILES string of the molecule is CCC(C)CCCCCCCCCCC(=O)O[C@H](COC(=O)CCCCCCCCC(C)C)COP(=O)(O)OCC(O)COP(=O)(O)OC[C@@H](COC(=O)CCCCCCCCCCC(C)C)OC(=O)CCCCCCCCCCCC(C)C. The number of rotatable bonds is 62. The van der Waals surface area contributed by atoms with Gasteiger partial charge in [0.05, 0.1) is 26.4 Å². The largest absolute Gasteiger partial charge is 0.472 e. The standard InChI is InChI=1S/C65H126O17P2/c1-9-58(8)44-36-28-19-14-16-22-32-40-48-65(70)82-61(52-76-63(68)46-38-30-24-23-27-35-43-57(6)7)54-80-84(73,74)78-50-59(66)49-77-83(71,72)79-53-60(51-75-62(67)45-37-29-20-15-13-18-26-34-42-56(4)5)81-64(69)47-39-31-21-12-10-11-17-25-33-41-55(2)3/h55-61,66H,9-54H2,1-8H3,(H,71,72)(H,73,74)/t58?,59?,60-,61-/m1/s1. The number of ether oxygens (including phenoxy) is 4. The fourth-order valence-electron chi connectivity index (χ4n) is 9.57. The first-order valence-electron chi connectivity index (χ1n) is 33.7. The number of esters is 4. The van der Waals surface area contributed by atoms with Crippen LogP contribution in [0.1, 0.15) is 312 Å². The number of unbranched alkanes of at least 4 members (excludes halogenated alkanes) is 27. The smallest absolute Gasteiger partial charge is 0.462 e. The van der Waals surface area contributed by atoms with E-state index in [1.165, 1.54) is 109 Å². The van der Waals surface area contributed by atoms with Crippen LogP contribution in [0.25, 0.3) is 0 Å². The van der Waals surface area contributed by atoms with Crippen LogP contribution in [0.4, 0.5) is 0 Å². The third kappa shape index (κ3) is 57.8. The van der Waals surface area contributed by atoms with Crippen LogP contribution < -0.4 is 0 Å². The number of aliphatic hydroxyl groups excluding tert-OH is 1. The zero-order valence-electron chi connectivity index (χ0n) is 54.5. The average molecular weight is 1240 g/mol. The maximum Gasteiger partial charge on any atom is 0.472 e. The molecule has 0 fully saturated rings. The van der Waals surface area contributed by atoms with Crippen molar-refractivity contribution in [1.29, 1.82) is 0 Å². The lowest BCUT2D eigenvalue weighted by Crippen LogP contribution is -2.30. The molecular formula is C65H126O17P2. The van der Waals surface area contributed by atoms with E-state index in [9.17, 15) is 43.2 Å². The van der Waals surface area contributed by atoms with E-state index in [1.807, 2.05) is 0 Å². The van der Waals surface area contributed by atoms with Gasteiger partial charge in [0.15, 0.2) is 12.2 Å². The number of hydrogen-bond acceptors (Lipinski definition) is 15. The van der Waals surface area contributed by atoms with Crippen LogP contribution in [0.5, 0.6) is 0 Å². The molecule has 0 spiro atoms. The molecule has 0 amide bonds. The van der Waals surface area contributed by atoms with Crippen LogP contribution in [-0.4, -0.2) is 96.7 Å². The quantitative estimate of drug-likeness (QED) is 0.0222. The fraction of sp³-hybridized carbons (Fsp3) is 0.938. The maximum absolute atomic E-state index is 13.0. The molecule has 3 N–H and O–H groups in total. The lowest BCUT2D eigenvalue weighted by atomic mass is 9.99. The van der Waals surface area contributed by atoms with Gasteiger partial charge in [-0.25, -0.2) is 9.13 Å². The predicted molar refractivity (Wildman–Crippen MR) is 335 cm³/mol. The summed E-state index contributed by atoms with van der Waals surface area (Å²) in [5.41, 5.74) is 0. The molecule has 0 aromatic heterocycles. The van der Waals surface area contributed by atoms with E-state index in [1.54, 1.807) is 0 Å². The molecule has 0 aliphatic heterocycles. The molecule has 0 aromatic carbocycles. The minimum atomic E-state index is -4.95. The summed E-state index contributed by atoms with van der Waals surface area (Å²) in [6.45, 7) is 14.0. The van der Waals surface area contributed by atoms with Crippen LogP contribution >= 0.6 is 15.6 Å². The van der Waals surface area contributed by atoms with Crippen molar-refractivity contribution >= 4 is 39.5 Å². The van der Waals surface area contributed by atoms with Crippen molar-refractivity contribution in [3.63, 3.8) is 0 Å². The first-order chi connectivity index (χ1) is 40.1. The lowest BCUT2D eigenvalue weighted by molar-refractivity contribution is -0.161. The van der Waals surface area contributed by atoms with E-state index in [-0.39, 0.29) is 25.7 Å². The van der Waals surface area contributed by atoms with E-state index >= 15 is 0 Å². The maximum atomic E-state index is 13.0. The van der Waals surface area contributed by atoms with Gasteiger partial charge < -0.3 is 33.8 Å². The predicted octanol–water partition coefficient (Wildman–Crippen LogP) is 17.8. The highest BCUT2D eigenvalue weighted by atomic mass is 31.2. The molecule has 0 radical (unpaired) electrons. The van der Waals surface area contributed by atoms with Crippen LogP contribution in [0.2, 0.25) is 0 Å². The normalized spacial score (nSPS) is 14.7. The Morgan fingerprint density at radius 3 is 0.845 bits per heavy atom. The Hall–Kier alpha value is -1.94. The second kappa shape index (κ2) is 55.2. The Bertz CT molecular complexity index is 1680. The Balaban J connectivity index is 5.26. The third-order valence-corrected chi connectivity index (χ3v) is 17.1. The number of phosphoric ester groups is 2. The molecule has 0 heterocycles. The molecule has 84 heavy (non-hydrogen) atoms. The van der Waals surface area contributed by atoms with Gasteiger partial charge in [-0.1, -0.05) is 261 Å². The van der Waals surface area contributed by atoms with Gasteiger partial charge in [0.2, 0.25) is 0 Å². The topological polar surface area (TPSA) is 237 Å². The fourth-order valence-corrected chi connectivity index (χ4v) is 11.2. The van der Waals surface area contributed by atoms with Crippen LogP contribution in [0, 0.1) is 23.7 Å². The zero-order chi connectivity index (χ0) is 62.5. The highest BCUT2D eigenvalue weighted by Crippen LogP contribution is 2.45. The van der Waals surface area contributed by atoms with Gasteiger partial charge in [0, 0.05) is 25.7 Å². The van der Waals surface area contributed by atoms with Crippen molar-refractivity contribution in [2.75, 3.05) is 39.6 Å². The van der Waals surface area contributed by atoms with E-state index < -0.39 is 97.5 Å². The van der Waals surface area contributed by atoms with Crippen molar-refractivity contribution in [2.45, 2.75) is 331 Å². The van der Waals surface area contributed by atoms with E-state index in [2.05, 4.69) is 55.4 Å². The first-order valence-corrected chi connectivity index (χ1v) is 36.7. The van der Waals surface area contributed by atoms with Gasteiger partial charge in [0.25, 0.3) is 0 Å². The molecule has 0 aliphatic rings. The number of aliphatic hydroxyl groups is 1. The summed E-state index contributed by atoms with van der Waals surface area (Å²) in [7, 11) is -9.89. The second-order valence-electron chi connectivity index (χ2n) is 25.2. The van der Waals surface area contributed by atoms with Crippen LogP contribution in [0.15, 0.2) is 0 Å². The van der Waals surface area contributed by atoms with Gasteiger partial charge in [-0.3, -0.25) is 37.3 Å². The number of carbonyl (C=O) groups excluding carboxylic acids is 4. The van der Waals surface area contributed by atoms with Gasteiger partial charge in [-0.2, -0.15) is 0 Å². The molecule has 6 atom stereocenters. The van der Waals surface area contributed by atoms with E-state index in [0.717, 1.165) is 114 Å². The summed E-state index contributed by atoms with van der Waals surface area (Å²) in [5, 5.41) is 10.5. The van der Waals surface area contributed by atoms with E-state index in [0.29, 0.717) is 31.6 Å². The Morgan fingerprint density at radius 1 is 0.333 bits per heavy atom. The molecule has 17 nitrogen and oxygen atoms in total. The summed E-state index contributed by atoms with van der Waals surface area (Å²) in [5.74, 6) is 0.771. The van der Waals surface area contributed by atoms with Gasteiger partial charge >= 0.3 is 39.5 Å². The van der Waals surface area contributed by atoms with Gasteiger partial charge in [-0.05, 0) is 49.4 Å². The van der Waals surface area contributed by atoms with Crippen LogP contribution in [-0.2, 0) is 65.4 Å². The number of hydrogen-bond donors (Lipinski definition) is 3. The summed E-state index contributed by atoms with van der Waals surface area (Å²) in [6.07, 6.45) is 35.0. The molecule has 0 aromatic rings.